The predicted molar refractivity (Wildman–Crippen MR) is 238 cm³/mol. The van der Waals surface area contributed by atoms with Crippen LogP contribution in [-0.4, -0.2) is 79.0 Å². The number of imide groups is 1. The summed E-state index contributed by atoms with van der Waals surface area (Å²) in [4.78, 5) is 29.8. The number of anilines is 1. The van der Waals surface area contributed by atoms with Crippen LogP contribution in [-0.2, 0) is 14.0 Å². The van der Waals surface area contributed by atoms with Gasteiger partial charge >= 0.3 is 7.12 Å². The molecule has 4 atom stereocenters. The van der Waals surface area contributed by atoms with Gasteiger partial charge in [-0.1, -0.05) is 105 Å². The molecular weight excluding hydrogens is 864 g/mol. The van der Waals surface area contributed by atoms with Gasteiger partial charge in [0.15, 0.2) is 11.5 Å². The fraction of sp³-hybridized carbons (Fsp3) is 0.333. The maximum Gasteiger partial charge on any atom is 0.488 e. The first-order valence-electron chi connectivity index (χ1n) is 19.5. The Morgan fingerprint density at radius 2 is 1.60 bits per heavy atom. The molecule has 13 heteroatoms. The fourth-order valence-electron chi connectivity index (χ4n) is 8.84. The van der Waals surface area contributed by atoms with E-state index in [0.29, 0.717) is 26.9 Å². The number of aromatic hydroxyl groups is 1. The molecular formula is C45H51BINO9Si. The van der Waals surface area contributed by atoms with Crippen molar-refractivity contribution in [3.05, 3.63) is 123 Å². The Labute approximate surface area is 355 Å². The highest BCUT2D eigenvalue weighted by Crippen LogP contribution is 2.48. The molecule has 0 unspecified atom stereocenters. The molecule has 4 aromatic rings. The van der Waals surface area contributed by atoms with Gasteiger partial charge in [-0.2, -0.15) is 0 Å². The molecule has 1 fully saturated rings. The zero-order valence-electron chi connectivity index (χ0n) is 33.4. The predicted octanol–water partition coefficient (Wildman–Crippen LogP) is 4.92. The number of phenolic OH excluding ortho intramolecular Hbond substituents is 1. The first kappa shape index (κ1) is 43.5. The SMILES string of the molecule is COc1cc(/C=C(\C)CC[C@@H](O)C2=C(CO[Si](c3ccccc3)(c3ccccc3)C(C)(C)C)C[C@H]3C(=O)N(c4cccc(B(O)O)c4)C(=O)[C@H]3[C@H]2CO)cc(I)c1O. The summed E-state index contributed by atoms with van der Waals surface area (Å²) in [6, 6.07) is 29.9. The summed E-state index contributed by atoms with van der Waals surface area (Å²) in [5, 5.41) is 55.3. The first-order chi connectivity index (χ1) is 27.6. The van der Waals surface area contributed by atoms with Crippen molar-refractivity contribution >= 4 is 77.4 Å². The number of phenols is 1. The van der Waals surface area contributed by atoms with E-state index in [4.69, 9.17) is 9.16 Å². The van der Waals surface area contributed by atoms with E-state index < -0.39 is 57.7 Å². The van der Waals surface area contributed by atoms with Gasteiger partial charge < -0.3 is 34.5 Å². The summed E-state index contributed by atoms with van der Waals surface area (Å²) in [5.74, 6) is -3.22. The molecule has 304 valence electrons. The van der Waals surface area contributed by atoms with Crippen molar-refractivity contribution in [1.82, 2.24) is 0 Å². The second-order valence-corrected chi connectivity index (χ2v) is 21.7. The minimum Gasteiger partial charge on any atom is -0.504 e. The average Bonchev–Trinajstić information content (AvgIpc) is 3.46. The molecule has 0 bridgehead atoms. The zero-order valence-corrected chi connectivity index (χ0v) is 36.6. The van der Waals surface area contributed by atoms with E-state index in [9.17, 15) is 35.0 Å². The van der Waals surface area contributed by atoms with Gasteiger partial charge in [0.1, 0.15) is 0 Å². The molecule has 1 aliphatic carbocycles. The largest absolute Gasteiger partial charge is 0.504 e. The van der Waals surface area contributed by atoms with Gasteiger partial charge in [0.25, 0.3) is 8.32 Å². The number of ether oxygens (including phenoxy) is 1. The molecule has 2 amide bonds. The van der Waals surface area contributed by atoms with Crippen molar-refractivity contribution in [2.75, 3.05) is 25.2 Å². The van der Waals surface area contributed by atoms with Gasteiger partial charge in [0, 0.05) is 5.92 Å². The number of methoxy groups -OCH3 is 1. The second-order valence-electron chi connectivity index (χ2n) is 16.2. The summed E-state index contributed by atoms with van der Waals surface area (Å²) < 4.78 is 13.4. The number of aliphatic hydroxyl groups is 2. The summed E-state index contributed by atoms with van der Waals surface area (Å²) in [5.41, 5.74) is 3.31. The summed E-state index contributed by atoms with van der Waals surface area (Å²) in [7, 11) is -3.40. The lowest BCUT2D eigenvalue weighted by Crippen LogP contribution is -2.66. The molecule has 10 nitrogen and oxygen atoms in total. The number of allylic oxidation sites excluding steroid dienone is 1. The van der Waals surface area contributed by atoms with Crippen LogP contribution < -0.4 is 25.5 Å². The van der Waals surface area contributed by atoms with E-state index in [1.165, 1.54) is 19.2 Å². The summed E-state index contributed by atoms with van der Waals surface area (Å²) >= 11 is 2.05. The number of hydrogen-bond donors (Lipinski definition) is 5. The molecule has 1 heterocycles. The number of fused-ring (bicyclic) bond motifs is 1. The van der Waals surface area contributed by atoms with Crippen LogP contribution in [0.25, 0.3) is 6.08 Å². The van der Waals surface area contributed by atoms with E-state index in [2.05, 4.69) is 67.6 Å². The quantitative estimate of drug-likeness (QED) is 0.0513. The Hall–Kier alpha value is -4.09. The van der Waals surface area contributed by atoms with Crippen molar-refractivity contribution in [3.8, 4) is 11.5 Å². The van der Waals surface area contributed by atoms with Gasteiger partial charge in [-0.25, -0.2) is 0 Å². The summed E-state index contributed by atoms with van der Waals surface area (Å²) in [6.07, 6.45) is 1.75. The van der Waals surface area contributed by atoms with Crippen LogP contribution in [0.4, 0.5) is 5.69 Å². The lowest BCUT2D eigenvalue weighted by atomic mass is 9.68. The Morgan fingerprint density at radius 1 is 0.966 bits per heavy atom. The molecule has 0 radical (unpaired) electrons. The Bertz CT molecular complexity index is 2150. The molecule has 4 aromatic carbocycles. The van der Waals surface area contributed by atoms with Crippen LogP contribution in [0.5, 0.6) is 11.5 Å². The maximum absolute atomic E-state index is 14.4. The topological polar surface area (TPSA) is 157 Å². The Balaban J connectivity index is 1.42. The number of hydrogen-bond acceptors (Lipinski definition) is 9. The van der Waals surface area contributed by atoms with Crippen molar-refractivity contribution < 1.29 is 44.1 Å². The van der Waals surface area contributed by atoms with Gasteiger partial charge in [0.05, 0.1) is 47.5 Å². The van der Waals surface area contributed by atoms with Crippen LogP contribution in [0.15, 0.2) is 114 Å². The van der Waals surface area contributed by atoms with Gasteiger partial charge in [-0.3, -0.25) is 14.5 Å². The molecule has 6 rings (SSSR count). The van der Waals surface area contributed by atoms with E-state index in [1.54, 1.807) is 18.2 Å². The van der Waals surface area contributed by atoms with Crippen LogP contribution >= 0.6 is 22.6 Å². The molecule has 0 aromatic heterocycles. The standard InChI is InChI=1S/C45H51BINO9Si/c1-28(21-29-22-37(47)42(51)39(23-29)56-5)19-20-38(50)40-30(27-57-58(45(2,3)4,33-15-8-6-9-16-33)34-17-10-7-11-18-34)24-35-41(36(40)26-49)44(53)48(43(35)52)32-14-12-13-31(25-32)46(54)55/h6-18,21-23,25,35-36,38,41,49-51,54-55H,19-20,24,26-27H2,1-5H3/b28-21+/t35-,36+,38-,41-/m1/s1. The highest BCUT2D eigenvalue weighted by Gasteiger charge is 2.56. The van der Waals surface area contributed by atoms with Crippen LogP contribution in [0.2, 0.25) is 5.04 Å². The molecule has 58 heavy (non-hydrogen) atoms. The van der Waals surface area contributed by atoms with Crippen molar-refractivity contribution in [2.24, 2.45) is 17.8 Å². The number of nitrogens with zero attached hydrogens (tertiary/aromatic N) is 1. The highest BCUT2D eigenvalue weighted by molar-refractivity contribution is 14.1. The minimum atomic E-state index is -3.10. The number of amides is 2. The molecule has 1 aliphatic heterocycles. The molecule has 1 saturated heterocycles. The van der Waals surface area contributed by atoms with Crippen molar-refractivity contribution in [2.45, 2.75) is 58.1 Å². The third-order valence-electron chi connectivity index (χ3n) is 11.5. The second kappa shape index (κ2) is 18.0. The van der Waals surface area contributed by atoms with Gasteiger partial charge in [0.2, 0.25) is 11.8 Å². The third kappa shape index (κ3) is 8.49. The van der Waals surface area contributed by atoms with Crippen LogP contribution in [0.1, 0.15) is 52.5 Å². The van der Waals surface area contributed by atoms with Crippen LogP contribution in [0, 0.1) is 21.3 Å². The summed E-state index contributed by atoms with van der Waals surface area (Å²) in [6.45, 7) is 8.04. The average molecular weight is 916 g/mol. The van der Waals surface area contributed by atoms with E-state index in [-0.39, 0.29) is 41.4 Å². The lowest BCUT2D eigenvalue weighted by molar-refractivity contribution is -0.123. The monoisotopic (exact) mass is 915 g/mol. The molecule has 2 aliphatic rings. The van der Waals surface area contributed by atoms with Gasteiger partial charge in [-0.15, -0.1) is 0 Å². The minimum absolute atomic E-state index is 0.0631. The van der Waals surface area contributed by atoms with E-state index in [1.807, 2.05) is 55.5 Å². The Morgan fingerprint density at radius 3 is 2.17 bits per heavy atom. The smallest absolute Gasteiger partial charge is 0.488 e. The maximum atomic E-state index is 14.4. The number of halogens is 1. The van der Waals surface area contributed by atoms with Crippen molar-refractivity contribution in [1.29, 1.82) is 0 Å². The fourth-order valence-corrected chi connectivity index (χ4v) is 14.0. The van der Waals surface area contributed by atoms with Gasteiger partial charge in [-0.05, 0) is 111 Å². The number of carbonyl (C=O) groups excluding carboxylic acids is 2. The van der Waals surface area contributed by atoms with E-state index in [0.717, 1.165) is 26.4 Å². The first-order valence-corrected chi connectivity index (χ1v) is 22.4. The molecule has 0 saturated carbocycles. The van der Waals surface area contributed by atoms with Crippen LogP contribution in [0.3, 0.4) is 0 Å². The number of benzene rings is 4. The normalized spacial score (nSPS) is 19.4. The molecule has 0 spiro atoms. The molecule has 5 N–H and O–H groups in total. The lowest BCUT2D eigenvalue weighted by Gasteiger charge is -2.44. The number of carbonyl (C=O) groups is 2. The number of rotatable bonds is 14. The number of aliphatic hydroxyl groups excluding tert-OH is 2. The third-order valence-corrected chi connectivity index (χ3v) is 17.3. The van der Waals surface area contributed by atoms with E-state index >= 15 is 0 Å². The highest BCUT2D eigenvalue weighted by atomic mass is 127. The zero-order chi connectivity index (χ0) is 41.9. The van der Waals surface area contributed by atoms with Crippen molar-refractivity contribution in [3.63, 3.8) is 0 Å². The Kier molecular flexibility index (Phi) is 13.5.